The van der Waals surface area contributed by atoms with Crippen molar-refractivity contribution in [2.75, 3.05) is 38.6 Å². The Hall–Kier alpha value is -1.46. The number of aryl methyl sites for hydroxylation is 1. The Kier molecular flexibility index (Phi) is 5.53. The molecule has 122 valence electrons. The Bertz CT molecular complexity index is 540. The molecular weight excluding hydrogens is 302 g/mol. The van der Waals surface area contributed by atoms with E-state index in [1.165, 1.54) is 0 Å². The molecule has 22 heavy (non-hydrogen) atoms. The van der Waals surface area contributed by atoms with Gasteiger partial charge in [0.1, 0.15) is 5.75 Å². The number of hydrogen-bond acceptors (Lipinski definition) is 3. The average molecular weight is 326 g/mol. The number of hydrogen-bond donors (Lipinski definition) is 1. The van der Waals surface area contributed by atoms with Gasteiger partial charge in [0.25, 0.3) is 0 Å². The summed E-state index contributed by atoms with van der Waals surface area (Å²) in [5.41, 5.74) is 1.56. The Morgan fingerprint density at radius 1 is 1.27 bits per heavy atom. The van der Waals surface area contributed by atoms with Gasteiger partial charge in [-0.3, -0.25) is 4.90 Å². The molecule has 0 unspecified atom stereocenters. The van der Waals surface area contributed by atoms with Crippen LogP contribution in [0.3, 0.4) is 0 Å². The fourth-order valence-electron chi connectivity index (χ4n) is 2.57. The second kappa shape index (κ2) is 7.20. The summed E-state index contributed by atoms with van der Waals surface area (Å²) in [5.74, 6) is 0.574. The van der Waals surface area contributed by atoms with Crippen LogP contribution in [0.2, 0.25) is 5.02 Å². The number of anilines is 1. The lowest BCUT2D eigenvalue weighted by molar-refractivity contribution is 0.125. The number of benzene rings is 1. The quantitative estimate of drug-likeness (QED) is 0.928. The molecule has 1 saturated heterocycles. The van der Waals surface area contributed by atoms with Crippen LogP contribution in [0, 0.1) is 6.92 Å². The average Bonchev–Trinajstić information content (AvgIpc) is 2.50. The van der Waals surface area contributed by atoms with Gasteiger partial charge in [0.05, 0.1) is 12.8 Å². The highest BCUT2D eigenvalue weighted by atomic mass is 35.5. The maximum absolute atomic E-state index is 12.4. The van der Waals surface area contributed by atoms with E-state index in [2.05, 4.69) is 24.1 Å². The maximum atomic E-state index is 12.4. The van der Waals surface area contributed by atoms with Crippen molar-refractivity contribution in [2.24, 2.45) is 0 Å². The van der Waals surface area contributed by atoms with Gasteiger partial charge in [-0.15, -0.1) is 0 Å². The van der Waals surface area contributed by atoms with E-state index < -0.39 is 0 Å². The van der Waals surface area contributed by atoms with E-state index in [4.69, 9.17) is 16.3 Å². The highest BCUT2D eigenvalue weighted by molar-refractivity contribution is 6.31. The molecule has 0 aliphatic carbocycles. The molecule has 2 rings (SSSR count). The predicted octanol–water partition coefficient (Wildman–Crippen LogP) is 3.21. The van der Waals surface area contributed by atoms with Crippen LogP contribution in [-0.2, 0) is 0 Å². The molecule has 0 radical (unpaired) electrons. The first-order valence-electron chi connectivity index (χ1n) is 7.56. The summed E-state index contributed by atoms with van der Waals surface area (Å²) in [6.45, 7) is 9.54. The summed E-state index contributed by atoms with van der Waals surface area (Å²) >= 11 is 6.09. The third kappa shape index (κ3) is 3.84. The van der Waals surface area contributed by atoms with Crippen molar-refractivity contribution in [2.45, 2.75) is 26.8 Å². The molecule has 1 fully saturated rings. The monoisotopic (exact) mass is 325 g/mol. The first-order valence-corrected chi connectivity index (χ1v) is 7.94. The van der Waals surface area contributed by atoms with Crippen LogP contribution in [0.5, 0.6) is 5.75 Å². The first-order chi connectivity index (χ1) is 10.4. The molecule has 1 aromatic carbocycles. The second-order valence-corrected chi connectivity index (χ2v) is 6.26. The number of carbonyl (C=O) groups excluding carboxylic acids is 1. The zero-order valence-electron chi connectivity index (χ0n) is 13.6. The Morgan fingerprint density at radius 3 is 2.45 bits per heavy atom. The smallest absolute Gasteiger partial charge is 0.322 e. The molecule has 0 bridgehead atoms. The molecule has 6 heteroatoms. The third-order valence-corrected chi connectivity index (χ3v) is 4.46. The number of methoxy groups -OCH3 is 1. The van der Waals surface area contributed by atoms with Crippen molar-refractivity contribution in [1.82, 2.24) is 9.80 Å². The number of carbonyl (C=O) groups is 1. The fourth-order valence-corrected chi connectivity index (χ4v) is 2.72. The lowest BCUT2D eigenvalue weighted by Gasteiger charge is -2.36. The number of amides is 2. The topological polar surface area (TPSA) is 44.8 Å². The minimum absolute atomic E-state index is 0.0940. The molecule has 1 aliphatic rings. The van der Waals surface area contributed by atoms with E-state index >= 15 is 0 Å². The van der Waals surface area contributed by atoms with Crippen molar-refractivity contribution in [3.63, 3.8) is 0 Å². The van der Waals surface area contributed by atoms with Crippen molar-refractivity contribution >= 4 is 23.3 Å². The highest BCUT2D eigenvalue weighted by Gasteiger charge is 2.23. The maximum Gasteiger partial charge on any atom is 0.322 e. The summed E-state index contributed by atoms with van der Waals surface area (Å²) in [6, 6.07) is 3.99. The lowest BCUT2D eigenvalue weighted by atomic mass is 10.2. The zero-order chi connectivity index (χ0) is 16.3. The molecule has 1 aliphatic heterocycles. The molecule has 1 heterocycles. The summed E-state index contributed by atoms with van der Waals surface area (Å²) in [4.78, 5) is 16.6. The molecule has 0 saturated carbocycles. The standard InChI is InChI=1S/C16H24ClN3O2/c1-11(2)19-5-7-20(8-6-19)16(21)18-14-9-12(3)13(17)10-15(14)22-4/h9-11H,5-8H2,1-4H3,(H,18,21). The molecular formula is C16H24ClN3O2. The molecule has 5 nitrogen and oxygen atoms in total. The van der Waals surface area contributed by atoms with Crippen molar-refractivity contribution in [3.8, 4) is 5.75 Å². The molecule has 0 spiro atoms. The van der Waals surface area contributed by atoms with E-state index in [1.54, 1.807) is 13.2 Å². The van der Waals surface area contributed by atoms with Gasteiger partial charge in [-0.1, -0.05) is 11.6 Å². The van der Waals surface area contributed by atoms with Gasteiger partial charge in [0.15, 0.2) is 0 Å². The van der Waals surface area contributed by atoms with Crippen LogP contribution in [0.15, 0.2) is 12.1 Å². The largest absolute Gasteiger partial charge is 0.495 e. The number of piperazine rings is 1. The lowest BCUT2D eigenvalue weighted by Crippen LogP contribution is -2.51. The van der Waals surface area contributed by atoms with Crippen LogP contribution in [0.25, 0.3) is 0 Å². The number of urea groups is 1. The first kappa shape index (κ1) is 16.9. The van der Waals surface area contributed by atoms with E-state index in [-0.39, 0.29) is 6.03 Å². The minimum atomic E-state index is -0.0940. The normalized spacial score (nSPS) is 16.0. The molecule has 2 amide bonds. The van der Waals surface area contributed by atoms with Gasteiger partial charge in [-0.25, -0.2) is 4.79 Å². The zero-order valence-corrected chi connectivity index (χ0v) is 14.4. The van der Waals surface area contributed by atoms with Crippen molar-refractivity contribution < 1.29 is 9.53 Å². The van der Waals surface area contributed by atoms with E-state index in [0.29, 0.717) is 22.5 Å². The minimum Gasteiger partial charge on any atom is -0.495 e. The molecule has 1 N–H and O–H groups in total. The summed E-state index contributed by atoms with van der Waals surface area (Å²) < 4.78 is 5.29. The fraction of sp³-hybridized carbons (Fsp3) is 0.562. The Morgan fingerprint density at radius 2 is 1.91 bits per heavy atom. The molecule has 0 atom stereocenters. The number of ether oxygens (including phenoxy) is 1. The predicted molar refractivity (Wildman–Crippen MR) is 90.0 cm³/mol. The van der Waals surface area contributed by atoms with Crippen LogP contribution in [0.1, 0.15) is 19.4 Å². The highest BCUT2D eigenvalue weighted by Crippen LogP contribution is 2.31. The SMILES string of the molecule is COc1cc(Cl)c(C)cc1NC(=O)N1CCN(C(C)C)CC1. The van der Waals surface area contributed by atoms with Crippen LogP contribution < -0.4 is 10.1 Å². The van der Waals surface area contributed by atoms with E-state index in [9.17, 15) is 4.79 Å². The number of rotatable bonds is 3. The van der Waals surface area contributed by atoms with Gasteiger partial charge < -0.3 is 15.0 Å². The summed E-state index contributed by atoms with van der Waals surface area (Å²) in [6.07, 6.45) is 0. The summed E-state index contributed by atoms with van der Waals surface area (Å²) in [5, 5.41) is 3.55. The number of nitrogens with zero attached hydrogens (tertiary/aromatic N) is 2. The third-order valence-electron chi connectivity index (χ3n) is 4.05. The van der Waals surface area contributed by atoms with Gasteiger partial charge in [0.2, 0.25) is 0 Å². The summed E-state index contributed by atoms with van der Waals surface area (Å²) in [7, 11) is 1.57. The second-order valence-electron chi connectivity index (χ2n) is 5.85. The van der Waals surface area contributed by atoms with Gasteiger partial charge in [0, 0.05) is 43.3 Å². The van der Waals surface area contributed by atoms with Crippen molar-refractivity contribution in [1.29, 1.82) is 0 Å². The van der Waals surface area contributed by atoms with Gasteiger partial charge in [-0.2, -0.15) is 0 Å². The van der Waals surface area contributed by atoms with Gasteiger partial charge in [-0.05, 0) is 32.4 Å². The number of halogens is 1. The molecule has 1 aromatic rings. The Labute approximate surface area is 137 Å². The van der Waals surface area contributed by atoms with Crippen LogP contribution in [-0.4, -0.2) is 55.2 Å². The Balaban J connectivity index is 2.02. The molecule has 0 aromatic heterocycles. The van der Waals surface area contributed by atoms with E-state index in [0.717, 1.165) is 31.7 Å². The van der Waals surface area contributed by atoms with Crippen LogP contribution in [0.4, 0.5) is 10.5 Å². The van der Waals surface area contributed by atoms with E-state index in [1.807, 2.05) is 17.9 Å². The van der Waals surface area contributed by atoms with Crippen LogP contribution >= 0.6 is 11.6 Å². The van der Waals surface area contributed by atoms with Crippen molar-refractivity contribution in [3.05, 3.63) is 22.7 Å². The van der Waals surface area contributed by atoms with Gasteiger partial charge >= 0.3 is 6.03 Å². The number of nitrogens with one attached hydrogen (secondary N) is 1.